The molecule has 0 aliphatic carbocycles. The third-order valence-corrected chi connectivity index (χ3v) is 10.4. The van der Waals surface area contributed by atoms with E-state index < -0.39 is 86.4 Å². The van der Waals surface area contributed by atoms with Crippen LogP contribution < -0.4 is 15.3 Å². The van der Waals surface area contributed by atoms with Crippen LogP contribution in [0.15, 0.2) is 54.9 Å². The summed E-state index contributed by atoms with van der Waals surface area (Å²) in [6.07, 6.45) is 5.30. The number of para-hydroxylation sites is 1. The third kappa shape index (κ3) is 10.2. The number of terminal acetylenes is 1. The molecule has 3 N–H and O–H groups in total. The van der Waals surface area contributed by atoms with E-state index in [1.165, 1.54) is 23.0 Å². The molecule has 0 spiro atoms. The first-order valence-corrected chi connectivity index (χ1v) is 19.7. The lowest BCUT2D eigenvalue weighted by Gasteiger charge is -2.32. The second-order valence-corrected chi connectivity index (χ2v) is 15.3. The number of rotatable bonds is 18. The van der Waals surface area contributed by atoms with E-state index in [1.54, 1.807) is 32.0 Å². The number of imidazole rings is 1. The SMILES string of the molecule is C#C[C@]1(CO[P@@](=O)(N[C@@H](Cc2cc(F)cc(F)c2)C(=O)OC(C)C)Oc2ccccc2)O[C@@H](n2cnc3c(N)nc(F)nc32)C[C@@H]1OC(=O)C(CCC)CCC. The molecular weight excluding hydrogens is 756 g/mol. The zero-order valence-corrected chi connectivity index (χ0v) is 32.2. The van der Waals surface area contributed by atoms with Gasteiger partial charge in [0.25, 0.3) is 0 Å². The Morgan fingerprint density at radius 2 is 1.77 bits per heavy atom. The van der Waals surface area contributed by atoms with Gasteiger partial charge in [0.15, 0.2) is 22.6 Å². The predicted octanol–water partition coefficient (Wildman–Crippen LogP) is 6.60. The maximum atomic E-state index is 14.9. The molecule has 0 radical (unpaired) electrons. The fourth-order valence-corrected chi connectivity index (χ4v) is 7.85. The number of anilines is 1. The van der Waals surface area contributed by atoms with Crippen molar-refractivity contribution in [1.29, 1.82) is 0 Å². The molecule has 1 fully saturated rings. The number of benzene rings is 2. The molecule has 56 heavy (non-hydrogen) atoms. The number of ether oxygens (including phenoxy) is 3. The van der Waals surface area contributed by atoms with E-state index in [0.29, 0.717) is 31.7 Å². The van der Waals surface area contributed by atoms with Crippen molar-refractivity contribution in [2.24, 2.45) is 5.92 Å². The highest BCUT2D eigenvalue weighted by Crippen LogP contribution is 2.49. The minimum atomic E-state index is -4.76. The standard InChI is InChI=1S/C38H44F3N6O8P/c1-6-12-25(13-7-2)35(48)53-30-20-31(47-22-43-32-33(42)44-37(41)45-34(32)47)54-38(30,8-3)21-51-56(50,55-28-14-10-9-11-15-28)46-29(36(49)52-23(4)5)18-24-16-26(39)19-27(40)17-24/h3,9-11,14-17,19,22-23,25,29-31H,6-7,12-13,18,20-21H2,1-2,4-5H3,(H,46,50)(H2,42,44,45)/t29-,30-,31+,38+,56-/m0/s1. The van der Waals surface area contributed by atoms with Gasteiger partial charge in [0.05, 0.1) is 18.3 Å². The Morgan fingerprint density at radius 3 is 2.39 bits per heavy atom. The van der Waals surface area contributed by atoms with Crippen molar-refractivity contribution in [2.45, 2.75) is 96.3 Å². The van der Waals surface area contributed by atoms with Crippen LogP contribution in [0.4, 0.5) is 19.0 Å². The first-order valence-electron chi connectivity index (χ1n) is 18.1. The number of fused-ring (bicyclic) bond motifs is 1. The summed E-state index contributed by atoms with van der Waals surface area (Å²) >= 11 is 0. The third-order valence-electron chi connectivity index (χ3n) is 8.85. The van der Waals surface area contributed by atoms with Crippen LogP contribution in [-0.2, 0) is 39.3 Å². The van der Waals surface area contributed by atoms with Gasteiger partial charge in [-0.25, -0.2) is 18.3 Å². The molecule has 300 valence electrons. The summed E-state index contributed by atoms with van der Waals surface area (Å²) in [5.41, 5.74) is 3.98. The number of hydrogen-bond donors (Lipinski definition) is 2. The summed E-state index contributed by atoms with van der Waals surface area (Å²) < 4.78 is 88.8. The molecule has 0 saturated carbocycles. The van der Waals surface area contributed by atoms with Crippen molar-refractivity contribution in [1.82, 2.24) is 24.6 Å². The van der Waals surface area contributed by atoms with Gasteiger partial charge < -0.3 is 24.5 Å². The maximum absolute atomic E-state index is 14.9. The Balaban J connectivity index is 1.53. The van der Waals surface area contributed by atoms with Gasteiger partial charge in [-0.1, -0.05) is 50.8 Å². The molecule has 4 aromatic rings. The summed E-state index contributed by atoms with van der Waals surface area (Å²) in [6, 6.07) is 8.98. The van der Waals surface area contributed by atoms with Gasteiger partial charge in [-0.3, -0.25) is 18.7 Å². The second kappa shape index (κ2) is 18.3. The lowest BCUT2D eigenvalue weighted by Crippen LogP contribution is -2.46. The molecule has 2 aromatic heterocycles. The molecule has 1 saturated heterocycles. The van der Waals surface area contributed by atoms with E-state index in [4.69, 9.17) is 35.4 Å². The summed E-state index contributed by atoms with van der Waals surface area (Å²) in [5, 5.41) is 2.59. The van der Waals surface area contributed by atoms with Crippen molar-refractivity contribution in [2.75, 3.05) is 12.3 Å². The van der Waals surface area contributed by atoms with Crippen LogP contribution in [0.2, 0.25) is 0 Å². The quantitative estimate of drug-likeness (QED) is 0.0476. The van der Waals surface area contributed by atoms with Gasteiger partial charge in [0.2, 0.25) is 0 Å². The fraction of sp³-hybridized carbons (Fsp3) is 0.447. The number of nitrogens with two attached hydrogens (primary N) is 1. The van der Waals surface area contributed by atoms with Crippen LogP contribution >= 0.6 is 7.75 Å². The molecule has 0 amide bonds. The zero-order valence-electron chi connectivity index (χ0n) is 31.3. The molecule has 0 unspecified atom stereocenters. The van der Waals surface area contributed by atoms with Crippen LogP contribution in [0.1, 0.15) is 71.6 Å². The summed E-state index contributed by atoms with van der Waals surface area (Å²) in [7, 11) is -4.76. The highest BCUT2D eigenvalue weighted by molar-refractivity contribution is 7.52. The number of nitrogens with one attached hydrogen (secondary N) is 1. The Kier molecular flexibility index (Phi) is 13.8. The molecule has 14 nitrogen and oxygen atoms in total. The highest BCUT2D eigenvalue weighted by atomic mass is 31.2. The van der Waals surface area contributed by atoms with Gasteiger partial charge >= 0.3 is 25.8 Å². The van der Waals surface area contributed by atoms with Crippen LogP contribution in [-0.4, -0.2) is 61.9 Å². The normalized spacial score (nSPS) is 19.8. The van der Waals surface area contributed by atoms with Gasteiger partial charge in [-0.2, -0.15) is 19.4 Å². The molecule has 5 rings (SSSR count). The lowest BCUT2D eigenvalue weighted by atomic mass is 9.96. The number of nitrogen functional groups attached to an aromatic ring is 1. The van der Waals surface area contributed by atoms with Gasteiger partial charge in [-0.05, 0) is 62.9 Å². The molecule has 3 heterocycles. The number of carbonyl (C=O) groups excluding carboxylic acids is 2. The van der Waals surface area contributed by atoms with Crippen LogP contribution in [0, 0.1) is 36.0 Å². The Labute approximate surface area is 322 Å². The van der Waals surface area contributed by atoms with E-state index in [0.717, 1.165) is 12.1 Å². The summed E-state index contributed by atoms with van der Waals surface area (Å²) in [4.78, 5) is 38.6. The van der Waals surface area contributed by atoms with Crippen molar-refractivity contribution in [3.05, 3.63) is 78.1 Å². The van der Waals surface area contributed by atoms with Crippen LogP contribution in [0.25, 0.3) is 11.2 Å². The van der Waals surface area contributed by atoms with E-state index in [1.807, 2.05) is 13.8 Å². The maximum Gasteiger partial charge on any atom is 0.459 e. The molecule has 1 aliphatic rings. The highest BCUT2D eigenvalue weighted by Gasteiger charge is 2.53. The minimum Gasteiger partial charge on any atom is -0.462 e. The number of hydrogen-bond acceptors (Lipinski definition) is 12. The number of nitrogens with zero attached hydrogens (tertiary/aromatic N) is 4. The molecule has 1 aliphatic heterocycles. The van der Waals surface area contributed by atoms with Crippen molar-refractivity contribution < 1.29 is 50.6 Å². The molecule has 18 heteroatoms. The smallest absolute Gasteiger partial charge is 0.459 e. The Morgan fingerprint density at radius 1 is 1.09 bits per heavy atom. The Bertz CT molecular complexity index is 2070. The topological polar surface area (TPSA) is 179 Å². The number of halogens is 3. The largest absolute Gasteiger partial charge is 0.462 e. The van der Waals surface area contributed by atoms with Gasteiger partial charge in [-0.15, -0.1) is 6.42 Å². The van der Waals surface area contributed by atoms with E-state index >= 15 is 0 Å². The van der Waals surface area contributed by atoms with Crippen LogP contribution in [0.3, 0.4) is 0 Å². The zero-order chi connectivity index (χ0) is 40.6. The fourth-order valence-electron chi connectivity index (χ4n) is 6.33. The van der Waals surface area contributed by atoms with E-state index in [-0.39, 0.29) is 34.7 Å². The second-order valence-electron chi connectivity index (χ2n) is 13.6. The average Bonchev–Trinajstić information content (AvgIpc) is 3.72. The van der Waals surface area contributed by atoms with Gasteiger partial charge in [0.1, 0.15) is 42.4 Å². The average molecular weight is 801 g/mol. The van der Waals surface area contributed by atoms with Crippen LogP contribution in [0.5, 0.6) is 5.75 Å². The van der Waals surface area contributed by atoms with Gasteiger partial charge in [0, 0.05) is 12.5 Å². The molecular formula is C38H44F3N6O8P. The van der Waals surface area contributed by atoms with Crippen molar-refractivity contribution >= 4 is 36.7 Å². The number of esters is 2. The molecule has 0 bridgehead atoms. The van der Waals surface area contributed by atoms with Crippen molar-refractivity contribution in [3.8, 4) is 18.1 Å². The first-order chi connectivity index (χ1) is 26.7. The monoisotopic (exact) mass is 800 g/mol. The summed E-state index contributed by atoms with van der Waals surface area (Å²) in [6.45, 7) is 6.28. The number of carbonyl (C=O) groups is 2. The number of aromatic nitrogens is 4. The minimum absolute atomic E-state index is 0.0307. The van der Waals surface area contributed by atoms with E-state index in [2.05, 4.69) is 26.0 Å². The van der Waals surface area contributed by atoms with Crippen molar-refractivity contribution in [3.63, 3.8) is 0 Å². The first kappa shape index (κ1) is 42.1. The Hall–Kier alpha value is -5.01. The summed E-state index contributed by atoms with van der Waals surface area (Å²) in [5.74, 6) is -1.40. The predicted molar refractivity (Wildman–Crippen MR) is 198 cm³/mol. The lowest BCUT2D eigenvalue weighted by molar-refractivity contribution is -0.163. The molecule has 5 atom stereocenters. The van der Waals surface area contributed by atoms with E-state index in [9.17, 15) is 27.3 Å². The molecule has 2 aromatic carbocycles.